The lowest BCUT2D eigenvalue weighted by molar-refractivity contribution is 0.236. The number of para-hydroxylation sites is 2. The van der Waals surface area contributed by atoms with Crippen molar-refractivity contribution in [3.05, 3.63) is 223 Å². The summed E-state index contributed by atoms with van der Waals surface area (Å²) in [5.41, 5.74) is 10.1. The fraction of sp³-hybridized carbons (Fsp3) is 0.196. The van der Waals surface area contributed by atoms with Gasteiger partial charge < -0.3 is 14.8 Å². The first-order chi connectivity index (χ1) is 31.6. The van der Waals surface area contributed by atoms with Gasteiger partial charge in [0.1, 0.15) is 17.3 Å². The van der Waals surface area contributed by atoms with E-state index in [0.29, 0.717) is 6.61 Å². The minimum atomic E-state index is -0.239. The largest absolute Gasteiger partial charge is 0.494 e. The number of rotatable bonds is 21. The Morgan fingerprint density at radius 1 is 0.422 bits per heavy atom. The molecule has 3 heterocycles. The molecule has 8 rings (SSSR count). The molecule has 324 valence electrons. The van der Waals surface area contributed by atoms with E-state index in [4.69, 9.17) is 9.47 Å². The van der Waals surface area contributed by atoms with Gasteiger partial charge in [0, 0.05) is 73.5 Å². The first-order valence-corrected chi connectivity index (χ1v) is 22.1. The van der Waals surface area contributed by atoms with Crippen molar-refractivity contribution >= 4 is 0 Å². The minimum absolute atomic E-state index is 0.239. The highest BCUT2D eigenvalue weighted by molar-refractivity contribution is 5.64. The average Bonchev–Trinajstić information content (AvgIpc) is 3.35. The molecule has 0 unspecified atom stereocenters. The maximum Gasteiger partial charge on any atom is 0.123 e. The Balaban J connectivity index is 0.000000211. The van der Waals surface area contributed by atoms with E-state index in [1.165, 1.54) is 28.8 Å². The second-order valence-corrected chi connectivity index (χ2v) is 15.6. The van der Waals surface area contributed by atoms with Gasteiger partial charge in [-0.3, -0.25) is 19.9 Å². The normalized spacial score (nSPS) is 10.8. The number of ether oxygens (including phenoxy) is 2. The van der Waals surface area contributed by atoms with Crippen molar-refractivity contribution in [2.45, 2.75) is 45.3 Å². The fourth-order valence-electron chi connectivity index (χ4n) is 7.28. The number of benzene rings is 5. The molecule has 0 aliphatic rings. The molecule has 8 aromatic rings. The molecule has 5 aromatic carbocycles. The summed E-state index contributed by atoms with van der Waals surface area (Å²) in [6.07, 6.45) is 15.6. The summed E-state index contributed by atoms with van der Waals surface area (Å²) in [6.45, 7) is 5.70. The number of aromatic nitrogens is 3. The van der Waals surface area contributed by atoms with Crippen molar-refractivity contribution in [1.82, 2.24) is 25.2 Å². The third kappa shape index (κ3) is 15.1. The van der Waals surface area contributed by atoms with Gasteiger partial charge in [-0.1, -0.05) is 109 Å². The van der Waals surface area contributed by atoms with Crippen LogP contribution < -0.4 is 14.8 Å². The van der Waals surface area contributed by atoms with Gasteiger partial charge in [-0.25, -0.2) is 4.39 Å². The molecule has 0 amide bonds. The molecule has 0 spiro atoms. The number of hydrogen-bond donors (Lipinski definition) is 1. The summed E-state index contributed by atoms with van der Waals surface area (Å²) in [5.74, 6) is 1.61. The smallest absolute Gasteiger partial charge is 0.123 e. The number of halogens is 1. The predicted octanol–water partition coefficient (Wildman–Crippen LogP) is 12.5. The maximum absolute atomic E-state index is 13.4. The lowest BCUT2D eigenvalue weighted by atomic mass is 10.0. The van der Waals surface area contributed by atoms with Crippen LogP contribution in [0.15, 0.2) is 201 Å². The Hall–Kier alpha value is -7.00. The van der Waals surface area contributed by atoms with Crippen LogP contribution in [0.3, 0.4) is 0 Å². The summed E-state index contributed by atoms with van der Waals surface area (Å²) in [6, 6.07) is 53.7. The van der Waals surface area contributed by atoms with E-state index in [-0.39, 0.29) is 5.82 Å². The molecule has 8 heteroatoms. The lowest BCUT2D eigenvalue weighted by Gasteiger charge is -2.23. The molecule has 0 saturated carbocycles. The molecular formula is C56H56FN5O2. The molecule has 0 aliphatic heterocycles. The van der Waals surface area contributed by atoms with Crippen molar-refractivity contribution in [2.24, 2.45) is 0 Å². The molecule has 0 radical (unpaired) electrons. The Labute approximate surface area is 377 Å². The monoisotopic (exact) mass is 849 g/mol. The Morgan fingerprint density at radius 2 is 0.844 bits per heavy atom. The molecule has 3 aromatic heterocycles. The summed E-state index contributed by atoms with van der Waals surface area (Å²) < 4.78 is 25.0. The molecule has 0 bridgehead atoms. The summed E-state index contributed by atoms with van der Waals surface area (Å²) in [4.78, 5) is 15.8. The second kappa shape index (κ2) is 25.2. The number of unbranched alkanes of at least 4 members (excludes halogenated alkanes) is 2. The maximum atomic E-state index is 13.4. The number of nitrogens with zero attached hydrogens (tertiary/aromatic N) is 4. The molecule has 7 nitrogen and oxygen atoms in total. The van der Waals surface area contributed by atoms with Gasteiger partial charge in [-0.05, 0) is 127 Å². The van der Waals surface area contributed by atoms with Crippen molar-refractivity contribution in [3.63, 3.8) is 0 Å². The highest BCUT2D eigenvalue weighted by atomic mass is 19.1. The second-order valence-electron chi connectivity index (χ2n) is 15.6. The van der Waals surface area contributed by atoms with Crippen LogP contribution in [-0.4, -0.2) is 46.2 Å². The van der Waals surface area contributed by atoms with Crippen molar-refractivity contribution in [1.29, 1.82) is 0 Å². The van der Waals surface area contributed by atoms with E-state index in [1.54, 1.807) is 12.1 Å². The number of pyridine rings is 3. The van der Waals surface area contributed by atoms with E-state index < -0.39 is 0 Å². The van der Waals surface area contributed by atoms with E-state index in [1.807, 2.05) is 122 Å². The zero-order valence-corrected chi connectivity index (χ0v) is 36.3. The first-order valence-electron chi connectivity index (χ1n) is 22.1. The zero-order chi connectivity index (χ0) is 43.9. The molecular weight excluding hydrogens is 794 g/mol. The van der Waals surface area contributed by atoms with Gasteiger partial charge in [0.05, 0.1) is 13.2 Å². The quantitative estimate of drug-likeness (QED) is 0.0722. The lowest BCUT2D eigenvalue weighted by Crippen LogP contribution is -2.24. The molecule has 0 atom stereocenters. The Morgan fingerprint density at radius 3 is 1.34 bits per heavy atom. The highest BCUT2D eigenvalue weighted by Gasteiger charge is 2.11. The number of hydrogen-bond acceptors (Lipinski definition) is 7. The summed E-state index contributed by atoms with van der Waals surface area (Å²) in [5, 5.41) is 3.48. The van der Waals surface area contributed by atoms with Crippen LogP contribution in [-0.2, 0) is 19.6 Å². The van der Waals surface area contributed by atoms with Gasteiger partial charge in [0.2, 0.25) is 0 Å². The van der Waals surface area contributed by atoms with Crippen LogP contribution in [0.4, 0.5) is 4.39 Å². The van der Waals surface area contributed by atoms with Crippen LogP contribution in [0.25, 0.3) is 33.4 Å². The van der Waals surface area contributed by atoms with E-state index in [0.717, 1.165) is 110 Å². The van der Waals surface area contributed by atoms with Crippen LogP contribution in [0.5, 0.6) is 11.5 Å². The molecule has 0 saturated heterocycles. The summed E-state index contributed by atoms with van der Waals surface area (Å²) >= 11 is 0. The van der Waals surface area contributed by atoms with Gasteiger partial charge in [-0.15, -0.1) is 0 Å². The molecule has 0 aliphatic carbocycles. The van der Waals surface area contributed by atoms with Gasteiger partial charge in [0.15, 0.2) is 0 Å². The van der Waals surface area contributed by atoms with E-state index in [9.17, 15) is 4.39 Å². The number of nitrogens with one attached hydrogen (secondary N) is 1. The topological polar surface area (TPSA) is 72.4 Å². The van der Waals surface area contributed by atoms with Crippen molar-refractivity contribution in [2.75, 3.05) is 26.3 Å². The predicted molar refractivity (Wildman–Crippen MR) is 257 cm³/mol. The van der Waals surface area contributed by atoms with E-state index in [2.05, 4.69) is 79.8 Å². The third-order valence-electron chi connectivity index (χ3n) is 10.6. The Kier molecular flexibility index (Phi) is 17.7. The van der Waals surface area contributed by atoms with Crippen molar-refractivity contribution < 1.29 is 13.9 Å². The van der Waals surface area contributed by atoms with Crippen LogP contribution >= 0.6 is 0 Å². The average molecular weight is 850 g/mol. The standard InChI is InChI=1S/C34H32FN3O.C22H24N2O/c35-33-15-13-30(14-16-33)32-20-28(22-37-24-32)26-38(17-7-8-18-39-34-11-5-2-6-12-34)25-27-19-31(23-36-21-27)29-9-3-1-4-10-29;1-3-9-20(10-4-1)21-15-19(17-24-18-21)16-23-13-7-8-14-25-22-11-5-2-6-12-22/h1-6,9-16,19-24H,7-8,17-18,25-26H2;1-6,9-12,15,17-18,23H,7-8,13-14,16H2. The third-order valence-corrected chi connectivity index (χ3v) is 10.6. The zero-order valence-electron chi connectivity index (χ0n) is 36.3. The van der Waals surface area contributed by atoms with Crippen molar-refractivity contribution in [3.8, 4) is 44.9 Å². The van der Waals surface area contributed by atoms with Crippen LogP contribution in [0.2, 0.25) is 0 Å². The molecule has 0 fully saturated rings. The first kappa shape index (κ1) is 45.0. The molecule has 64 heavy (non-hydrogen) atoms. The SMILES string of the molecule is Fc1ccc(-c2cncc(CN(CCCCOc3ccccc3)Cc3cncc(-c4ccccc4)c3)c2)cc1.c1ccc(OCCCCNCc2cncc(-c3ccccc3)c2)cc1. The van der Waals surface area contributed by atoms with E-state index >= 15 is 0 Å². The Bertz CT molecular complexity index is 2530. The van der Waals surface area contributed by atoms with Gasteiger partial charge >= 0.3 is 0 Å². The minimum Gasteiger partial charge on any atom is -0.494 e. The van der Waals surface area contributed by atoms with Crippen LogP contribution in [0, 0.1) is 5.82 Å². The van der Waals surface area contributed by atoms with Crippen LogP contribution in [0.1, 0.15) is 42.4 Å². The molecule has 1 N–H and O–H groups in total. The summed E-state index contributed by atoms with van der Waals surface area (Å²) in [7, 11) is 0. The fourth-order valence-corrected chi connectivity index (χ4v) is 7.28. The highest BCUT2D eigenvalue weighted by Crippen LogP contribution is 2.24. The van der Waals surface area contributed by atoms with Gasteiger partial charge in [0.25, 0.3) is 0 Å². The van der Waals surface area contributed by atoms with Gasteiger partial charge in [-0.2, -0.15) is 0 Å².